The summed E-state index contributed by atoms with van der Waals surface area (Å²) in [5.41, 5.74) is 4.20. The van der Waals surface area contributed by atoms with Crippen LogP contribution in [0.3, 0.4) is 0 Å². The van der Waals surface area contributed by atoms with Gasteiger partial charge in [0.2, 0.25) is 11.8 Å². The minimum absolute atomic E-state index is 0.0549. The van der Waals surface area contributed by atoms with E-state index in [1.165, 1.54) is 11.0 Å². The number of hydrogen-bond donors (Lipinski definition) is 1. The van der Waals surface area contributed by atoms with E-state index in [-0.39, 0.29) is 18.4 Å². The maximum atomic E-state index is 12.8. The number of benzene rings is 2. The predicted molar refractivity (Wildman–Crippen MR) is 135 cm³/mol. The van der Waals surface area contributed by atoms with Gasteiger partial charge in [0.05, 0.1) is 19.3 Å². The number of aryl methyl sites for hydroxylation is 1. The Morgan fingerprint density at radius 1 is 1.18 bits per heavy atom. The zero-order valence-electron chi connectivity index (χ0n) is 19.8. The molecule has 34 heavy (non-hydrogen) atoms. The fourth-order valence-corrected chi connectivity index (χ4v) is 3.77. The Balaban J connectivity index is 1.66. The zero-order valence-corrected chi connectivity index (χ0v) is 20.6. The SMILES string of the molecule is CCN(CC(=O)Nc1cccc(OC)c1)C(=O)/C=C/c1c(C)nn(Cc2ccccc2Cl)c1C. The van der Waals surface area contributed by atoms with Crippen LogP contribution in [0, 0.1) is 13.8 Å². The minimum Gasteiger partial charge on any atom is -0.497 e. The smallest absolute Gasteiger partial charge is 0.247 e. The van der Waals surface area contributed by atoms with Gasteiger partial charge in [-0.3, -0.25) is 14.3 Å². The summed E-state index contributed by atoms with van der Waals surface area (Å²) in [6.07, 6.45) is 3.24. The van der Waals surface area contributed by atoms with Gasteiger partial charge in [0.1, 0.15) is 12.3 Å². The lowest BCUT2D eigenvalue weighted by molar-refractivity contribution is -0.130. The summed E-state index contributed by atoms with van der Waals surface area (Å²) in [5.74, 6) is 0.114. The van der Waals surface area contributed by atoms with Crippen LogP contribution in [0.15, 0.2) is 54.6 Å². The van der Waals surface area contributed by atoms with Gasteiger partial charge >= 0.3 is 0 Å². The van der Waals surface area contributed by atoms with Crippen LogP contribution in [0.25, 0.3) is 6.08 Å². The monoisotopic (exact) mass is 480 g/mol. The molecule has 0 radical (unpaired) electrons. The lowest BCUT2D eigenvalue weighted by atomic mass is 10.1. The number of nitrogens with one attached hydrogen (secondary N) is 1. The van der Waals surface area contributed by atoms with E-state index in [0.29, 0.717) is 29.5 Å². The van der Waals surface area contributed by atoms with Crippen LogP contribution in [0.1, 0.15) is 29.4 Å². The van der Waals surface area contributed by atoms with Crippen molar-refractivity contribution in [2.45, 2.75) is 27.3 Å². The molecule has 0 atom stereocenters. The topological polar surface area (TPSA) is 76.5 Å². The highest BCUT2D eigenvalue weighted by molar-refractivity contribution is 6.31. The number of likely N-dealkylation sites (N-methyl/N-ethyl adjacent to an activating group) is 1. The number of ether oxygens (including phenoxy) is 1. The van der Waals surface area contributed by atoms with Crippen LogP contribution in [0.2, 0.25) is 5.02 Å². The second-order valence-corrected chi connectivity index (χ2v) is 8.21. The third-order valence-electron chi connectivity index (χ3n) is 5.49. The Hall–Kier alpha value is -3.58. The standard InChI is InChI=1S/C26H29ClN4O3/c1-5-30(17-25(32)28-21-10-8-11-22(15-21)34-4)26(33)14-13-23-18(2)29-31(19(23)3)16-20-9-6-7-12-24(20)27/h6-15H,5,16-17H2,1-4H3,(H,28,32)/b14-13+. The van der Waals surface area contributed by atoms with E-state index in [9.17, 15) is 9.59 Å². The van der Waals surface area contributed by atoms with E-state index in [0.717, 1.165) is 22.5 Å². The largest absolute Gasteiger partial charge is 0.497 e. The fraction of sp³-hybridized carbons (Fsp3) is 0.269. The Kier molecular flexibility index (Phi) is 8.49. The number of anilines is 1. The van der Waals surface area contributed by atoms with Gasteiger partial charge in [-0.15, -0.1) is 0 Å². The highest BCUT2D eigenvalue weighted by Gasteiger charge is 2.15. The molecule has 1 heterocycles. The summed E-state index contributed by atoms with van der Waals surface area (Å²) < 4.78 is 7.05. The molecule has 178 valence electrons. The molecule has 0 saturated heterocycles. The second-order valence-electron chi connectivity index (χ2n) is 7.80. The molecule has 1 N–H and O–H groups in total. The molecule has 3 aromatic rings. The maximum Gasteiger partial charge on any atom is 0.247 e. The fourth-order valence-electron chi connectivity index (χ4n) is 3.57. The van der Waals surface area contributed by atoms with Crippen molar-refractivity contribution in [3.8, 4) is 5.75 Å². The molecule has 2 aromatic carbocycles. The summed E-state index contributed by atoms with van der Waals surface area (Å²) in [4.78, 5) is 26.8. The number of rotatable bonds is 9. The Morgan fingerprint density at radius 2 is 1.94 bits per heavy atom. The third-order valence-corrected chi connectivity index (χ3v) is 5.86. The molecule has 3 rings (SSSR count). The average Bonchev–Trinajstić information content (AvgIpc) is 3.09. The van der Waals surface area contributed by atoms with Crippen molar-refractivity contribution >= 4 is 35.2 Å². The number of aromatic nitrogens is 2. The van der Waals surface area contributed by atoms with Crippen LogP contribution in [0.4, 0.5) is 5.69 Å². The van der Waals surface area contributed by atoms with Crippen LogP contribution in [-0.4, -0.2) is 46.7 Å². The molecule has 1 aromatic heterocycles. The normalized spacial score (nSPS) is 11.0. The van der Waals surface area contributed by atoms with Crippen molar-refractivity contribution < 1.29 is 14.3 Å². The van der Waals surface area contributed by atoms with Gasteiger partial charge in [-0.2, -0.15) is 5.10 Å². The predicted octanol–water partition coefficient (Wildman–Crippen LogP) is 4.71. The van der Waals surface area contributed by atoms with Crippen molar-refractivity contribution in [3.63, 3.8) is 0 Å². The molecule has 7 nitrogen and oxygen atoms in total. The Bertz CT molecular complexity index is 1200. The number of carbonyl (C=O) groups is 2. The molecule has 0 bridgehead atoms. The van der Waals surface area contributed by atoms with E-state index in [1.54, 1.807) is 37.5 Å². The van der Waals surface area contributed by atoms with Crippen molar-refractivity contribution in [1.29, 1.82) is 0 Å². The first kappa shape index (κ1) is 25.1. The van der Waals surface area contributed by atoms with Gasteiger partial charge in [-0.05, 0) is 50.6 Å². The van der Waals surface area contributed by atoms with E-state index in [4.69, 9.17) is 16.3 Å². The molecular formula is C26H29ClN4O3. The maximum absolute atomic E-state index is 12.8. The van der Waals surface area contributed by atoms with Crippen molar-refractivity contribution in [2.75, 3.05) is 25.5 Å². The van der Waals surface area contributed by atoms with Crippen LogP contribution in [0.5, 0.6) is 5.75 Å². The zero-order chi connectivity index (χ0) is 24.7. The molecule has 8 heteroatoms. The van der Waals surface area contributed by atoms with E-state index in [1.807, 2.05) is 49.7 Å². The molecular weight excluding hydrogens is 452 g/mol. The summed E-state index contributed by atoms with van der Waals surface area (Å²) in [6.45, 7) is 6.58. The second kappa shape index (κ2) is 11.5. The van der Waals surface area contributed by atoms with Gasteiger partial charge in [-0.25, -0.2) is 0 Å². The molecule has 0 aliphatic heterocycles. The van der Waals surface area contributed by atoms with Gasteiger partial charge < -0.3 is 15.0 Å². The molecule has 0 spiro atoms. The van der Waals surface area contributed by atoms with E-state index in [2.05, 4.69) is 10.4 Å². The number of nitrogens with zero attached hydrogens (tertiary/aromatic N) is 3. The average molecular weight is 481 g/mol. The van der Waals surface area contributed by atoms with Gasteiger partial charge in [0, 0.05) is 40.7 Å². The summed E-state index contributed by atoms with van der Waals surface area (Å²) >= 11 is 6.29. The van der Waals surface area contributed by atoms with Crippen molar-refractivity contribution in [3.05, 3.63) is 82.1 Å². The summed E-state index contributed by atoms with van der Waals surface area (Å²) in [7, 11) is 1.56. The minimum atomic E-state index is -0.281. The van der Waals surface area contributed by atoms with Crippen LogP contribution in [-0.2, 0) is 16.1 Å². The van der Waals surface area contributed by atoms with Gasteiger partial charge in [0.15, 0.2) is 0 Å². The highest BCUT2D eigenvalue weighted by Crippen LogP contribution is 2.20. The summed E-state index contributed by atoms with van der Waals surface area (Å²) in [6, 6.07) is 14.7. The molecule has 0 aliphatic rings. The van der Waals surface area contributed by atoms with Crippen LogP contribution >= 0.6 is 11.6 Å². The number of halogens is 1. The first-order valence-electron chi connectivity index (χ1n) is 11.0. The molecule has 0 unspecified atom stereocenters. The summed E-state index contributed by atoms with van der Waals surface area (Å²) in [5, 5.41) is 8.09. The highest BCUT2D eigenvalue weighted by atomic mass is 35.5. The van der Waals surface area contributed by atoms with E-state index < -0.39 is 0 Å². The first-order chi connectivity index (χ1) is 16.3. The third kappa shape index (κ3) is 6.26. The first-order valence-corrected chi connectivity index (χ1v) is 11.4. The molecule has 0 fully saturated rings. The van der Waals surface area contributed by atoms with Gasteiger partial charge in [0.25, 0.3) is 0 Å². The van der Waals surface area contributed by atoms with Crippen molar-refractivity contribution in [1.82, 2.24) is 14.7 Å². The quantitative estimate of drug-likeness (QED) is 0.450. The number of carbonyl (C=O) groups excluding carboxylic acids is 2. The Morgan fingerprint density at radius 3 is 2.65 bits per heavy atom. The Labute approximate surface area is 205 Å². The molecule has 0 saturated carbocycles. The van der Waals surface area contributed by atoms with Crippen molar-refractivity contribution in [2.24, 2.45) is 0 Å². The van der Waals surface area contributed by atoms with E-state index >= 15 is 0 Å². The lowest BCUT2D eigenvalue weighted by Gasteiger charge is -2.18. The van der Waals surface area contributed by atoms with Gasteiger partial charge in [-0.1, -0.05) is 35.9 Å². The molecule has 0 aliphatic carbocycles. The molecule has 2 amide bonds. The van der Waals surface area contributed by atoms with Crippen LogP contribution < -0.4 is 10.1 Å². The number of amides is 2. The number of methoxy groups -OCH3 is 1. The lowest BCUT2D eigenvalue weighted by Crippen LogP contribution is -2.36. The number of hydrogen-bond acceptors (Lipinski definition) is 4.